The Balaban J connectivity index is 0.000000136. The van der Waals surface area contributed by atoms with E-state index in [2.05, 4.69) is 40.5 Å². The van der Waals surface area contributed by atoms with Gasteiger partial charge in [0.05, 0.1) is 11.6 Å². The molecule has 0 atom stereocenters. The highest BCUT2D eigenvalue weighted by molar-refractivity contribution is 5.75. The summed E-state index contributed by atoms with van der Waals surface area (Å²) in [6.45, 7) is 4.47. The van der Waals surface area contributed by atoms with Crippen LogP contribution >= 0.6 is 0 Å². The van der Waals surface area contributed by atoms with Crippen LogP contribution in [0, 0.1) is 0 Å². The Labute approximate surface area is 135 Å². The fourth-order valence-corrected chi connectivity index (χ4v) is 2.59. The van der Waals surface area contributed by atoms with E-state index in [0.717, 1.165) is 26.2 Å². The first-order chi connectivity index (χ1) is 11.3. The summed E-state index contributed by atoms with van der Waals surface area (Å²) in [5.74, 6) is 0. The van der Waals surface area contributed by atoms with Crippen molar-refractivity contribution in [3.8, 4) is 0 Å². The second-order valence-corrected chi connectivity index (χ2v) is 5.35. The molecule has 4 heteroatoms. The summed E-state index contributed by atoms with van der Waals surface area (Å²) >= 11 is 0. The van der Waals surface area contributed by atoms with Crippen molar-refractivity contribution >= 4 is 16.7 Å². The predicted octanol–water partition coefficient (Wildman–Crippen LogP) is 2.89. The van der Waals surface area contributed by atoms with Crippen LogP contribution in [-0.4, -0.2) is 26.2 Å². The van der Waals surface area contributed by atoms with Crippen molar-refractivity contribution in [3.63, 3.8) is 0 Å². The van der Waals surface area contributed by atoms with Crippen molar-refractivity contribution in [2.45, 2.75) is 0 Å². The molecule has 0 aliphatic carbocycles. The molecule has 118 valence electrons. The molecule has 1 aliphatic heterocycles. The molecule has 1 fully saturated rings. The van der Waals surface area contributed by atoms with Gasteiger partial charge >= 0.3 is 0 Å². The van der Waals surface area contributed by atoms with E-state index in [0.29, 0.717) is 11.0 Å². The van der Waals surface area contributed by atoms with Crippen LogP contribution < -0.4 is 15.6 Å². The summed E-state index contributed by atoms with van der Waals surface area (Å²) in [5, 5.41) is 3.98. The zero-order valence-corrected chi connectivity index (χ0v) is 12.9. The molecular weight excluding hydrogens is 288 g/mol. The monoisotopic (exact) mass is 308 g/mol. The topological polar surface area (TPSA) is 45.5 Å². The lowest BCUT2D eigenvalue weighted by atomic mass is 10.2. The Kier molecular flexibility index (Phi) is 5.06. The fraction of sp³-hybridized carbons (Fsp3) is 0.211. The van der Waals surface area contributed by atoms with Crippen LogP contribution in [0.4, 0.5) is 5.69 Å². The van der Waals surface area contributed by atoms with Crippen molar-refractivity contribution in [2.24, 2.45) is 0 Å². The lowest BCUT2D eigenvalue weighted by Gasteiger charge is -2.29. The van der Waals surface area contributed by atoms with Crippen LogP contribution in [0.5, 0.6) is 0 Å². The average molecular weight is 308 g/mol. The number of fused-ring (bicyclic) bond motifs is 1. The van der Waals surface area contributed by atoms with Gasteiger partial charge in [0.2, 0.25) is 0 Å². The number of para-hydroxylation sites is 2. The molecule has 1 saturated heterocycles. The molecule has 4 nitrogen and oxygen atoms in total. The van der Waals surface area contributed by atoms with Gasteiger partial charge < -0.3 is 14.6 Å². The van der Waals surface area contributed by atoms with Gasteiger partial charge in [0.1, 0.15) is 5.58 Å². The Hall–Kier alpha value is -2.59. The molecular formula is C19H20N2O2. The molecule has 0 saturated carbocycles. The summed E-state index contributed by atoms with van der Waals surface area (Å²) in [6, 6.07) is 19.2. The molecule has 1 aliphatic rings. The number of benzene rings is 2. The third kappa shape index (κ3) is 3.99. The van der Waals surface area contributed by atoms with Crippen molar-refractivity contribution in [3.05, 3.63) is 77.2 Å². The van der Waals surface area contributed by atoms with E-state index in [-0.39, 0.29) is 5.43 Å². The van der Waals surface area contributed by atoms with E-state index in [1.54, 1.807) is 12.1 Å². The zero-order valence-electron chi connectivity index (χ0n) is 12.9. The molecule has 23 heavy (non-hydrogen) atoms. The number of rotatable bonds is 1. The smallest absolute Gasteiger partial charge is 0.192 e. The Bertz CT molecular complexity index is 788. The minimum Gasteiger partial charge on any atom is -0.464 e. The lowest BCUT2D eigenvalue weighted by molar-refractivity contribution is 0.589. The van der Waals surface area contributed by atoms with E-state index in [1.165, 1.54) is 18.0 Å². The predicted molar refractivity (Wildman–Crippen MR) is 94.0 cm³/mol. The van der Waals surface area contributed by atoms with E-state index < -0.39 is 0 Å². The summed E-state index contributed by atoms with van der Waals surface area (Å²) in [7, 11) is 0. The number of hydrogen-bond acceptors (Lipinski definition) is 4. The highest BCUT2D eigenvalue weighted by Crippen LogP contribution is 2.12. The first kappa shape index (κ1) is 15.3. The van der Waals surface area contributed by atoms with Crippen molar-refractivity contribution in [2.75, 3.05) is 31.1 Å². The van der Waals surface area contributed by atoms with E-state index in [1.807, 2.05) is 12.1 Å². The Morgan fingerprint density at radius 2 is 1.57 bits per heavy atom. The molecule has 4 rings (SSSR count). The molecule has 0 unspecified atom stereocenters. The van der Waals surface area contributed by atoms with Crippen LogP contribution in [0.3, 0.4) is 0 Å². The normalized spacial score (nSPS) is 14.2. The van der Waals surface area contributed by atoms with Crippen LogP contribution in [0.15, 0.2) is 76.1 Å². The molecule has 2 heterocycles. The second-order valence-electron chi connectivity index (χ2n) is 5.35. The zero-order chi connectivity index (χ0) is 15.9. The fourth-order valence-electron chi connectivity index (χ4n) is 2.59. The molecule has 0 amide bonds. The first-order valence-electron chi connectivity index (χ1n) is 7.82. The molecule has 1 aromatic heterocycles. The number of piperazine rings is 1. The largest absolute Gasteiger partial charge is 0.464 e. The maximum Gasteiger partial charge on any atom is 0.192 e. The standard InChI is InChI=1S/C10H14N2.C9H6O2/c1-2-4-10(5-3-1)12-8-6-11-7-9-12;10-8-5-6-11-9-4-2-1-3-7(8)9/h1-5,11H,6-9H2;1-6H. The number of anilines is 1. The molecule has 0 spiro atoms. The van der Waals surface area contributed by atoms with Gasteiger partial charge in [-0.05, 0) is 24.3 Å². The number of hydrogen-bond donors (Lipinski definition) is 1. The van der Waals surface area contributed by atoms with Crippen LogP contribution in [0.1, 0.15) is 0 Å². The van der Waals surface area contributed by atoms with Gasteiger partial charge in [0.25, 0.3) is 0 Å². The van der Waals surface area contributed by atoms with Gasteiger partial charge in [-0.2, -0.15) is 0 Å². The minimum atomic E-state index is 0.00634. The number of nitrogens with zero attached hydrogens (tertiary/aromatic N) is 1. The third-order valence-electron chi connectivity index (χ3n) is 3.81. The van der Waals surface area contributed by atoms with Crippen molar-refractivity contribution < 1.29 is 4.42 Å². The van der Waals surface area contributed by atoms with Crippen LogP contribution in [-0.2, 0) is 0 Å². The quantitative estimate of drug-likeness (QED) is 0.751. The van der Waals surface area contributed by atoms with E-state index >= 15 is 0 Å². The van der Waals surface area contributed by atoms with Gasteiger partial charge in [0, 0.05) is 37.9 Å². The van der Waals surface area contributed by atoms with Gasteiger partial charge in [0.15, 0.2) is 5.43 Å². The molecule has 0 bridgehead atoms. The average Bonchev–Trinajstić information content (AvgIpc) is 2.64. The van der Waals surface area contributed by atoms with E-state index in [9.17, 15) is 4.79 Å². The molecule has 1 N–H and O–H groups in total. The highest BCUT2D eigenvalue weighted by Gasteiger charge is 2.08. The Morgan fingerprint density at radius 3 is 2.30 bits per heavy atom. The second kappa shape index (κ2) is 7.61. The molecule has 2 aromatic carbocycles. The first-order valence-corrected chi connectivity index (χ1v) is 7.82. The van der Waals surface area contributed by atoms with Crippen LogP contribution in [0.2, 0.25) is 0 Å². The number of nitrogens with one attached hydrogen (secondary N) is 1. The lowest BCUT2D eigenvalue weighted by Crippen LogP contribution is -2.43. The van der Waals surface area contributed by atoms with Gasteiger partial charge in [-0.25, -0.2) is 0 Å². The SMILES string of the molecule is O=c1ccoc2ccccc12.c1ccc(N2CCNCC2)cc1. The maximum absolute atomic E-state index is 11.1. The van der Waals surface area contributed by atoms with E-state index in [4.69, 9.17) is 4.42 Å². The molecule has 0 radical (unpaired) electrons. The Morgan fingerprint density at radius 1 is 0.870 bits per heavy atom. The summed E-state index contributed by atoms with van der Waals surface area (Å²) in [6.07, 6.45) is 1.41. The molecule has 3 aromatic rings. The van der Waals surface area contributed by atoms with Gasteiger partial charge in [-0.15, -0.1) is 0 Å². The van der Waals surface area contributed by atoms with Crippen LogP contribution in [0.25, 0.3) is 11.0 Å². The highest BCUT2D eigenvalue weighted by atomic mass is 16.3. The summed E-state index contributed by atoms with van der Waals surface area (Å²) < 4.78 is 5.09. The third-order valence-corrected chi connectivity index (χ3v) is 3.81. The summed E-state index contributed by atoms with van der Waals surface area (Å²) in [5.41, 5.74) is 1.99. The minimum absolute atomic E-state index is 0.00634. The van der Waals surface area contributed by atoms with Gasteiger partial charge in [-0.1, -0.05) is 30.3 Å². The maximum atomic E-state index is 11.1. The van der Waals surface area contributed by atoms with Gasteiger partial charge in [-0.3, -0.25) is 4.79 Å². The van der Waals surface area contributed by atoms with Crippen molar-refractivity contribution in [1.82, 2.24) is 5.32 Å². The summed E-state index contributed by atoms with van der Waals surface area (Å²) in [4.78, 5) is 13.5. The van der Waals surface area contributed by atoms with Crippen molar-refractivity contribution in [1.29, 1.82) is 0 Å².